The van der Waals surface area contributed by atoms with Gasteiger partial charge in [-0.2, -0.15) is 4.80 Å². The molecular weight excluding hydrogens is 363 g/mol. The van der Waals surface area contributed by atoms with Crippen molar-refractivity contribution >= 4 is 29.9 Å². The van der Waals surface area contributed by atoms with Gasteiger partial charge in [0, 0.05) is 23.7 Å². The molecule has 1 N–H and O–H groups in total. The number of hydrogen-bond acceptors (Lipinski definition) is 5. The Balaban J connectivity index is 0.00000225. The molecule has 3 rings (SSSR count). The van der Waals surface area contributed by atoms with Crippen LogP contribution >= 0.6 is 24.0 Å². The van der Waals surface area contributed by atoms with Crippen LogP contribution in [0.5, 0.6) is 0 Å². The van der Waals surface area contributed by atoms with Gasteiger partial charge in [-0.05, 0) is 61.8 Å². The van der Waals surface area contributed by atoms with Gasteiger partial charge in [-0.25, -0.2) is 0 Å². The summed E-state index contributed by atoms with van der Waals surface area (Å²) in [6.07, 6.45) is 2.20. The van der Waals surface area contributed by atoms with Crippen LogP contribution in [-0.2, 0) is 11.3 Å². The van der Waals surface area contributed by atoms with Crippen molar-refractivity contribution in [2.45, 2.75) is 19.4 Å². The van der Waals surface area contributed by atoms with Crippen LogP contribution in [0.2, 0.25) is 5.02 Å². The van der Waals surface area contributed by atoms with E-state index in [4.69, 9.17) is 11.6 Å². The Bertz CT molecular complexity index is 688. The van der Waals surface area contributed by atoms with E-state index in [-0.39, 0.29) is 24.9 Å². The third-order valence-corrected chi connectivity index (χ3v) is 4.45. The van der Waals surface area contributed by atoms with Crippen molar-refractivity contribution in [3.8, 4) is 11.4 Å². The van der Waals surface area contributed by atoms with Crippen molar-refractivity contribution in [3.05, 3.63) is 29.3 Å². The van der Waals surface area contributed by atoms with Crippen molar-refractivity contribution in [1.82, 2.24) is 30.4 Å². The molecule has 7 nitrogen and oxygen atoms in total. The summed E-state index contributed by atoms with van der Waals surface area (Å²) in [5.41, 5.74) is 0.824. The van der Waals surface area contributed by atoms with E-state index in [2.05, 4.69) is 20.7 Å². The Morgan fingerprint density at radius 2 is 2.12 bits per heavy atom. The van der Waals surface area contributed by atoms with E-state index in [0.717, 1.165) is 38.0 Å². The van der Waals surface area contributed by atoms with Crippen LogP contribution < -0.4 is 5.32 Å². The molecule has 0 saturated carbocycles. The zero-order valence-electron chi connectivity index (χ0n) is 14.1. The van der Waals surface area contributed by atoms with E-state index in [1.165, 1.54) is 4.80 Å². The molecule has 1 aliphatic rings. The Kier molecular flexibility index (Phi) is 7.16. The molecule has 1 atom stereocenters. The Labute approximate surface area is 158 Å². The molecule has 1 saturated heterocycles. The maximum Gasteiger partial charge on any atom is 0.246 e. The SMILES string of the molecule is CNCC1CCCN(C(=O)Cn2nnc(-c3ccc(Cl)cc3)n2)C1.Cl. The predicted molar refractivity (Wildman–Crippen MR) is 98.7 cm³/mol. The Hall–Kier alpha value is -1.70. The molecule has 1 fully saturated rings. The molecule has 25 heavy (non-hydrogen) atoms. The number of tetrazole rings is 1. The zero-order chi connectivity index (χ0) is 16.9. The van der Waals surface area contributed by atoms with Gasteiger partial charge in [-0.3, -0.25) is 4.79 Å². The van der Waals surface area contributed by atoms with Gasteiger partial charge in [-0.15, -0.1) is 22.6 Å². The summed E-state index contributed by atoms with van der Waals surface area (Å²) in [5, 5.41) is 16.1. The average molecular weight is 385 g/mol. The van der Waals surface area contributed by atoms with Gasteiger partial charge < -0.3 is 10.2 Å². The minimum absolute atomic E-state index is 0. The average Bonchev–Trinajstić information content (AvgIpc) is 3.04. The minimum Gasteiger partial charge on any atom is -0.341 e. The van der Waals surface area contributed by atoms with E-state index in [1.54, 1.807) is 12.1 Å². The molecule has 1 aliphatic heterocycles. The number of benzene rings is 1. The summed E-state index contributed by atoms with van der Waals surface area (Å²) in [7, 11) is 1.94. The molecule has 0 bridgehead atoms. The molecule has 2 aromatic rings. The molecule has 1 amide bonds. The molecule has 1 unspecified atom stereocenters. The second kappa shape index (κ2) is 9.12. The molecule has 136 valence electrons. The van der Waals surface area contributed by atoms with Crippen LogP contribution in [0.4, 0.5) is 0 Å². The van der Waals surface area contributed by atoms with Crippen LogP contribution in [0.15, 0.2) is 24.3 Å². The quantitative estimate of drug-likeness (QED) is 0.851. The summed E-state index contributed by atoms with van der Waals surface area (Å²) in [6.45, 7) is 2.65. The third-order valence-electron chi connectivity index (χ3n) is 4.20. The van der Waals surface area contributed by atoms with E-state index >= 15 is 0 Å². The Morgan fingerprint density at radius 3 is 2.84 bits per heavy atom. The van der Waals surface area contributed by atoms with Crippen molar-refractivity contribution in [2.75, 3.05) is 26.7 Å². The molecule has 2 heterocycles. The summed E-state index contributed by atoms with van der Waals surface area (Å²) < 4.78 is 0. The summed E-state index contributed by atoms with van der Waals surface area (Å²) >= 11 is 5.88. The number of amides is 1. The van der Waals surface area contributed by atoms with Gasteiger partial charge in [0.2, 0.25) is 11.7 Å². The maximum absolute atomic E-state index is 12.5. The van der Waals surface area contributed by atoms with Crippen molar-refractivity contribution in [1.29, 1.82) is 0 Å². The Morgan fingerprint density at radius 1 is 1.36 bits per heavy atom. The van der Waals surface area contributed by atoms with E-state index in [0.29, 0.717) is 16.8 Å². The highest BCUT2D eigenvalue weighted by molar-refractivity contribution is 6.30. The van der Waals surface area contributed by atoms with Crippen LogP contribution in [0.25, 0.3) is 11.4 Å². The lowest BCUT2D eigenvalue weighted by Gasteiger charge is -2.32. The first kappa shape index (κ1) is 19.6. The van der Waals surface area contributed by atoms with Crippen molar-refractivity contribution < 1.29 is 4.79 Å². The highest BCUT2D eigenvalue weighted by Gasteiger charge is 2.23. The van der Waals surface area contributed by atoms with Crippen LogP contribution in [0, 0.1) is 5.92 Å². The van der Waals surface area contributed by atoms with Gasteiger partial charge in [0.15, 0.2) is 0 Å². The lowest BCUT2D eigenvalue weighted by Crippen LogP contribution is -2.44. The number of hydrogen-bond donors (Lipinski definition) is 1. The first-order valence-electron chi connectivity index (χ1n) is 8.12. The van der Waals surface area contributed by atoms with Crippen LogP contribution in [-0.4, -0.2) is 57.7 Å². The number of halogens is 2. The van der Waals surface area contributed by atoms with Gasteiger partial charge in [0.25, 0.3) is 0 Å². The molecule has 0 spiro atoms. The number of nitrogens with zero attached hydrogens (tertiary/aromatic N) is 5. The molecule has 0 radical (unpaired) electrons. The van der Waals surface area contributed by atoms with E-state index < -0.39 is 0 Å². The highest BCUT2D eigenvalue weighted by Crippen LogP contribution is 2.18. The summed E-state index contributed by atoms with van der Waals surface area (Å²) in [6, 6.07) is 7.22. The van der Waals surface area contributed by atoms with Crippen molar-refractivity contribution in [2.24, 2.45) is 5.92 Å². The number of rotatable bonds is 5. The molecular formula is C16H22Cl2N6O. The zero-order valence-corrected chi connectivity index (χ0v) is 15.6. The van der Waals surface area contributed by atoms with Gasteiger partial charge in [0.1, 0.15) is 6.54 Å². The highest BCUT2D eigenvalue weighted by atomic mass is 35.5. The molecule has 0 aliphatic carbocycles. The first-order valence-corrected chi connectivity index (χ1v) is 8.49. The maximum atomic E-state index is 12.5. The number of nitrogens with one attached hydrogen (secondary N) is 1. The fraction of sp³-hybridized carbons (Fsp3) is 0.500. The number of carbonyl (C=O) groups is 1. The van der Waals surface area contributed by atoms with Crippen molar-refractivity contribution in [3.63, 3.8) is 0 Å². The molecule has 1 aromatic carbocycles. The fourth-order valence-corrected chi connectivity index (χ4v) is 3.12. The second-order valence-corrected chi connectivity index (χ2v) is 6.49. The van der Waals surface area contributed by atoms with Gasteiger partial charge in [0.05, 0.1) is 0 Å². The lowest BCUT2D eigenvalue weighted by atomic mass is 9.98. The number of aromatic nitrogens is 4. The fourth-order valence-electron chi connectivity index (χ4n) is 2.99. The first-order chi connectivity index (χ1) is 11.7. The molecule has 1 aromatic heterocycles. The monoisotopic (exact) mass is 384 g/mol. The number of carbonyl (C=O) groups excluding carboxylic acids is 1. The molecule has 9 heteroatoms. The van der Waals surface area contributed by atoms with Crippen LogP contribution in [0.1, 0.15) is 12.8 Å². The van der Waals surface area contributed by atoms with E-state index in [9.17, 15) is 4.79 Å². The van der Waals surface area contributed by atoms with Gasteiger partial charge in [-0.1, -0.05) is 11.6 Å². The summed E-state index contributed by atoms with van der Waals surface area (Å²) in [4.78, 5) is 15.7. The smallest absolute Gasteiger partial charge is 0.246 e. The number of piperidine rings is 1. The van der Waals surface area contributed by atoms with E-state index in [1.807, 2.05) is 24.1 Å². The second-order valence-electron chi connectivity index (χ2n) is 6.06. The summed E-state index contributed by atoms with van der Waals surface area (Å²) in [5.74, 6) is 1.04. The minimum atomic E-state index is 0. The predicted octanol–water partition coefficient (Wildman–Crippen LogP) is 1.87. The topological polar surface area (TPSA) is 75.9 Å². The normalized spacial score (nSPS) is 17.2. The van der Waals surface area contributed by atoms with Gasteiger partial charge >= 0.3 is 0 Å². The largest absolute Gasteiger partial charge is 0.341 e. The van der Waals surface area contributed by atoms with Crippen LogP contribution in [0.3, 0.4) is 0 Å². The number of likely N-dealkylation sites (tertiary alicyclic amines) is 1. The standard InChI is InChI=1S/C16H21ClN6O.ClH/c1-18-9-12-3-2-8-22(10-12)15(24)11-23-20-16(19-21-23)13-4-6-14(17)7-5-13;/h4-7,12,18H,2-3,8-11H2,1H3;1H. The third kappa shape index (κ3) is 5.14. The lowest BCUT2D eigenvalue weighted by molar-refractivity contribution is -0.134.